The van der Waals surface area contributed by atoms with E-state index in [1.807, 2.05) is 25.1 Å². The number of nitrogens with zero attached hydrogens (tertiary/aromatic N) is 3. The lowest BCUT2D eigenvalue weighted by atomic mass is 9.77. The number of aromatic nitrogens is 2. The Labute approximate surface area is 165 Å². The van der Waals surface area contributed by atoms with Crippen LogP contribution in [-0.2, 0) is 11.3 Å². The maximum absolute atomic E-state index is 9.91. The van der Waals surface area contributed by atoms with Crippen LogP contribution < -0.4 is 4.90 Å². The summed E-state index contributed by atoms with van der Waals surface area (Å²) in [7, 11) is 0. The van der Waals surface area contributed by atoms with Gasteiger partial charge in [-0.3, -0.25) is 0 Å². The molecule has 0 amide bonds. The molecular weight excluding hydrogens is 362 g/mol. The van der Waals surface area contributed by atoms with E-state index in [2.05, 4.69) is 16.8 Å². The van der Waals surface area contributed by atoms with Crippen LogP contribution in [0.25, 0.3) is 11.3 Å². The third-order valence-corrected chi connectivity index (χ3v) is 6.44. The Morgan fingerprint density at radius 2 is 2.11 bits per heavy atom. The van der Waals surface area contributed by atoms with Crippen molar-refractivity contribution in [1.29, 1.82) is 0 Å². The molecule has 0 radical (unpaired) electrons. The molecule has 2 aromatic rings. The fraction of sp³-hybridized carbons (Fsp3) is 0.524. The summed E-state index contributed by atoms with van der Waals surface area (Å²) in [6.07, 6.45) is 5.49. The average Bonchev–Trinajstić information content (AvgIpc) is 3.04. The van der Waals surface area contributed by atoms with E-state index in [0.717, 1.165) is 61.6 Å². The third kappa shape index (κ3) is 3.56. The molecule has 4 rings (SSSR count). The molecule has 1 N–H and O–H groups in total. The number of ether oxygens (including phenoxy) is 1. The van der Waals surface area contributed by atoms with Crippen LogP contribution in [0.3, 0.4) is 0 Å². The minimum Gasteiger partial charge on any atom is -0.390 e. The Balaban J connectivity index is 1.57. The molecule has 1 atom stereocenters. The summed E-state index contributed by atoms with van der Waals surface area (Å²) < 4.78 is 5.82. The van der Waals surface area contributed by atoms with Gasteiger partial charge in [0.25, 0.3) is 0 Å². The van der Waals surface area contributed by atoms with Gasteiger partial charge in [0.2, 0.25) is 0 Å². The first kappa shape index (κ1) is 18.7. The highest BCUT2D eigenvalue weighted by Gasteiger charge is 2.41. The largest absolute Gasteiger partial charge is 0.390 e. The van der Waals surface area contributed by atoms with Crippen molar-refractivity contribution < 1.29 is 9.84 Å². The number of aliphatic hydroxyl groups is 1. The number of anilines is 1. The van der Waals surface area contributed by atoms with Crippen LogP contribution in [0.4, 0.5) is 5.82 Å². The normalized spacial score (nSPS) is 21.8. The van der Waals surface area contributed by atoms with Gasteiger partial charge in [-0.25, -0.2) is 9.97 Å². The maximum Gasteiger partial charge on any atom is 0.152 e. The van der Waals surface area contributed by atoms with Gasteiger partial charge < -0.3 is 14.7 Å². The molecule has 2 saturated heterocycles. The van der Waals surface area contributed by atoms with Gasteiger partial charge in [0, 0.05) is 23.7 Å². The summed E-state index contributed by atoms with van der Waals surface area (Å²) >= 11 is 6.24. The van der Waals surface area contributed by atoms with Gasteiger partial charge in [-0.15, -0.1) is 0 Å². The number of rotatable bonds is 3. The van der Waals surface area contributed by atoms with Crippen LogP contribution in [0.1, 0.15) is 37.4 Å². The predicted octanol–water partition coefficient (Wildman–Crippen LogP) is 3.99. The number of hydrogen-bond acceptors (Lipinski definition) is 5. The molecule has 144 valence electrons. The highest BCUT2D eigenvalue weighted by atomic mass is 35.5. The summed E-state index contributed by atoms with van der Waals surface area (Å²) in [6.45, 7) is 6.72. The molecule has 1 aromatic heterocycles. The second-order valence-corrected chi connectivity index (χ2v) is 8.32. The fourth-order valence-corrected chi connectivity index (χ4v) is 4.57. The first-order valence-corrected chi connectivity index (χ1v) is 9.98. The summed E-state index contributed by atoms with van der Waals surface area (Å²) in [5.74, 6) is 0.794. The van der Waals surface area contributed by atoms with Crippen molar-refractivity contribution in [3.63, 3.8) is 0 Å². The van der Waals surface area contributed by atoms with Crippen LogP contribution >= 0.6 is 11.6 Å². The predicted molar refractivity (Wildman–Crippen MR) is 107 cm³/mol. The maximum atomic E-state index is 9.91. The lowest BCUT2D eigenvalue weighted by molar-refractivity contribution is 0.0975. The van der Waals surface area contributed by atoms with Gasteiger partial charge in [-0.05, 0) is 50.2 Å². The zero-order chi connectivity index (χ0) is 19.0. The van der Waals surface area contributed by atoms with Gasteiger partial charge >= 0.3 is 0 Å². The Morgan fingerprint density at radius 3 is 2.78 bits per heavy atom. The molecule has 3 heterocycles. The zero-order valence-corrected chi connectivity index (χ0v) is 16.7. The molecular formula is C21H26ClN3O2. The average molecular weight is 388 g/mol. The number of hydrogen-bond donors (Lipinski definition) is 1. The number of aliphatic hydroxyl groups excluding tert-OH is 1. The highest BCUT2D eigenvalue weighted by molar-refractivity contribution is 6.31. The molecule has 0 saturated carbocycles. The fourth-order valence-electron chi connectivity index (χ4n) is 4.39. The number of benzene rings is 1. The van der Waals surface area contributed by atoms with Gasteiger partial charge in [0.1, 0.15) is 5.69 Å². The summed E-state index contributed by atoms with van der Waals surface area (Å²) in [4.78, 5) is 11.6. The Bertz CT molecular complexity index is 834. The van der Waals surface area contributed by atoms with Crippen LogP contribution in [-0.4, -0.2) is 40.9 Å². The van der Waals surface area contributed by atoms with Crippen molar-refractivity contribution in [3.8, 4) is 11.3 Å². The lowest BCUT2D eigenvalue weighted by Gasteiger charge is -2.39. The SMILES string of the molecule is Cc1c(Cl)cccc1-c1cnc(N2CCC3(CC2)CO[C@@H](C)C3)c(CO)n1. The van der Waals surface area contributed by atoms with Crippen molar-refractivity contribution in [2.75, 3.05) is 24.6 Å². The van der Waals surface area contributed by atoms with E-state index in [0.29, 0.717) is 22.2 Å². The first-order chi connectivity index (χ1) is 13.0. The molecule has 0 aliphatic carbocycles. The monoisotopic (exact) mass is 387 g/mol. The van der Waals surface area contributed by atoms with E-state index in [-0.39, 0.29) is 6.61 Å². The van der Waals surface area contributed by atoms with E-state index in [1.54, 1.807) is 6.20 Å². The molecule has 5 nitrogen and oxygen atoms in total. The molecule has 2 aliphatic heterocycles. The van der Waals surface area contributed by atoms with E-state index >= 15 is 0 Å². The highest BCUT2D eigenvalue weighted by Crippen LogP contribution is 2.42. The third-order valence-electron chi connectivity index (χ3n) is 6.03. The number of halogens is 1. The van der Waals surface area contributed by atoms with Crippen LogP contribution in [0, 0.1) is 12.3 Å². The minimum absolute atomic E-state index is 0.127. The van der Waals surface area contributed by atoms with Gasteiger partial charge in [-0.1, -0.05) is 23.7 Å². The van der Waals surface area contributed by atoms with Crippen molar-refractivity contribution >= 4 is 17.4 Å². The van der Waals surface area contributed by atoms with E-state index in [1.165, 1.54) is 0 Å². The van der Waals surface area contributed by atoms with Crippen molar-refractivity contribution in [3.05, 3.63) is 40.7 Å². The van der Waals surface area contributed by atoms with E-state index in [9.17, 15) is 5.11 Å². The second kappa shape index (κ2) is 7.38. The van der Waals surface area contributed by atoms with Crippen molar-refractivity contribution in [1.82, 2.24) is 9.97 Å². The second-order valence-electron chi connectivity index (χ2n) is 7.91. The van der Waals surface area contributed by atoms with Crippen molar-refractivity contribution in [2.45, 2.75) is 45.8 Å². The van der Waals surface area contributed by atoms with E-state index in [4.69, 9.17) is 21.3 Å². The Kier molecular flexibility index (Phi) is 5.10. The van der Waals surface area contributed by atoms with Gasteiger partial charge in [0.05, 0.1) is 31.2 Å². The lowest BCUT2D eigenvalue weighted by Crippen LogP contribution is -2.41. The topological polar surface area (TPSA) is 58.5 Å². The minimum atomic E-state index is -0.127. The summed E-state index contributed by atoms with van der Waals surface area (Å²) in [5, 5.41) is 10.6. The Morgan fingerprint density at radius 1 is 1.33 bits per heavy atom. The quantitative estimate of drug-likeness (QED) is 0.862. The van der Waals surface area contributed by atoms with Crippen LogP contribution in [0.2, 0.25) is 5.02 Å². The van der Waals surface area contributed by atoms with Crippen LogP contribution in [0.15, 0.2) is 24.4 Å². The summed E-state index contributed by atoms with van der Waals surface area (Å²) in [5.41, 5.74) is 3.61. The number of piperidine rings is 1. The van der Waals surface area contributed by atoms with Gasteiger partial charge in [-0.2, -0.15) is 0 Å². The molecule has 1 aromatic carbocycles. The van der Waals surface area contributed by atoms with E-state index < -0.39 is 0 Å². The van der Waals surface area contributed by atoms with Crippen molar-refractivity contribution in [2.24, 2.45) is 5.41 Å². The summed E-state index contributed by atoms with van der Waals surface area (Å²) in [6, 6.07) is 5.76. The standard InChI is InChI=1S/C21H26ClN3O2/c1-14-10-21(13-27-14)6-8-25(9-7-21)20-19(12-26)24-18(11-23-20)16-4-3-5-17(22)15(16)2/h3-5,11,14,26H,6-10,12-13H2,1-2H3/t14-/m0/s1. The zero-order valence-electron chi connectivity index (χ0n) is 15.9. The molecule has 2 aliphatic rings. The van der Waals surface area contributed by atoms with Gasteiger partial charge in [0.15, 0.2) is 5.82 Å². The molecule has 0 unspecified atom stereocenters. The molecule has 6 heteroatoms. The Hall–Kier alpha value is -1.69. The molecule has 1 spiro atoms. The molecule has 27 heavy (non-hydrogen) atoms. The first-order valence-electron chi connectivity index (χ1n) is 9.60. The molecule has 0 bridgehead atoms. The smallest absolute Gasteiger partial charge is 0.152 e. The van der Waals surface area contributed by atoms with Crippen LogP contribution in [0.5, 0.6) is 0 Å². The molecule has 2 fully saturated rings.